The van der Waals surface area contributed by atoms with Crippen LogP contribution in [0, 0.1) is 5.92 Å². The van der Waals surface area contributed by atoms with E-state index >= 15 is 0 Å². The number of amides is 1. The number of ether oxygens (including phenoxy) is 2. The van der Waals surface area contributed by atoms with Gasteiger partial charge in [0.1, 0.15) is 10.4 Å². The number of thiocarbonyl (C=S) groups is 1. The molecule has 8 heteroatoms. The first-order chi connectivity index (χ1) is 13.8. The van der Waals surface area contributed by atoms with E-state index in [0.29, 0.717) is 22.0 Å². The Morgan fingerprint density at radius 2 is 1.86 bits per heavy atom. The molecule has 6 nitrogen and oxygen atoms in total. The van der Waals surface area contributed by atoms with Gasteiger partial charge in [0.2, 0.25) is 0 Å². The van der Waals surface area contributed by atoms with Gasteiger partial charge in [-0.3, -0.25) is 9.69 Å². The first-order valence-corrected chi connectivity index (χ1v) is 10.2. The van der Waals surface area contributed by atoms with Crippen LogP contribution >= 0.6 is 24.0 Å². The third-order valence-electron chi connectivity index (χ3n) is 4.67. The van der Waals surface area contributed by atoms with Crippen molar-refractivity contribution in [2.45, 2.75) is 19.9 Å². The van der Waals surface area contributed by atoms with E-state index in [4.69, 9.17) is 21.7 Å². The van der Waals surface area contributed by atoms with Gasteiger partial charge < -0.3 is 14.6 Å². The second-order valence-electron chi connectivity index (χ2n) is 6.83. The number of fused-ring (bicyclic) bond motifs is 1. The van der Waals surface area contributed by atoms with Crippen molar-refractivity contribution in [3.63, 3.8) is 0 Å². The molecule has 1 fully saturated rings. The van der Waals surface area contributed by atoms with Crippen LogP contribution in [-0.2, 0) is 9.59 Å². The zero-order chi connectivity index (χ0) is 21.3. The van der Waals surface area contributed by atoms with Gasteiger partial charge in [0, 0.05) is 10.9 Å². The van der Waals surface area contributed by atoms with Crippen LogP contribution in [0.3, 0.4) is 0 Å². The van der Waals surface area contributed by atoms with Gasteiger partial charge >= 0.3 is 5.97 Å². The Bertz CT molecular complexity index is 1030. The van der Waals surface area contributed by atoms with E-state index in [-0.39, 0.29) is 10.2 Å². The highest BCUT2D eigenvalue weighted by atomic mass is 32.2. The van der Waals surface area contributed by atoms with E-state index in [2.05, 4.69) is 0 Å². The molecule has 1 aliphatic rings. The lowest BCUT2D eigenvalue weighted by Gasteiger charge is -2.26. The second-order valence-corrected chi connectivity index (χ2v) is 8.51. The standard InChI is InChI=1S/C21H21NO5S2/c1-11(2)16(20(24)25)22-19(23)15(29-21(22)28)10-13-9-12-7-5-6-8-14(12)18(27-4)17(13)26-3/h5-11,16H,1-4H3,(H,24,25). The first kappa shape index (κ1) is 21.1. The van der Waals surface area contributed by atoms with E-state index in [9.17, 15) is 14.7 Å². The number of benzene rings is 2. The molecule has 2 aromatic rings. The molecule has 0 bridgehead atoms. The number of rotatable bonds is 6. The summed E-state index contributed by atoms with van der Waals surface area (Å²) < 4.78 is 11.4. The lowest BCUT2D eigenvalue weighted by molar-refractivity contribution is -0.146. The highest BCUT2D eigenvalue weighted by molar-refractivity contribution is 8.26. The van der Waals surface area contributed by atoms with E-state index < -0.39 is 17.9 Å². The van der Waals surface area contributed by atoms with Crippen molar-refractivity contribution in [3.05, 3.63) is 40.8 Å². The third kappa shape index (κ3) is 3.82. The fourth-order valence-corrected chi connectivity index (χ4v) is 4.71. The molecule has 1 unspecified atom stereocenters. The number of carbonyl (C=O) groups excluding carboxylic acids is 1. The summed E-state index contributed by atoms with van der Waals surface area (Å²) in [5.74, 6) is -0.726. The number of hydrogen-bond acceptors (Lipinski definition) is 6. The van der Waals surface area contributed by atoms with Crippen molar-refractivity contribution >= 4 is 57.0 Å². The van der Waals surface area contributed by atoms with Gasteiger partial charge in [0.25, 0.3) is 5.91 Å². The quantitative estimate of drug-likeness (QED) is 0.543. The average molecular weight is 432 g/mol. The zero-order valence-electron chi connectivity index (χ0n) is 16.5. The SMILES string of the molecule is COc1c(C=C2SC(=S)N(C(C(=O)O)C(C)C)C2=O)cc2ccccc2c1OC. The fraction of sp³-hybridized carbons (Fsp3) is 0.286. The molecule has 29 heavy (non-hydrogen) atoms. The van der Waals surface area contributed by atoms with Crippen molar-refractivity contribution in [2.24, 2.45) is 5.92 Å². The van der Waals surface area contributed by atoms with Crippen molar-refractivity contribution in [1.29, 1.82) is 0 Å². The van der Waals surface area contributed by atoms with E-state index in [1.165, 1.54) is 12.0 Å². The number of carbonyl (C=O) groups is 2. The van der Waals surface area contributed by atoms with E-state index in [0.717, 1.165) is 22.5 Å². The average Bonchev–Trinajstić information content (AvgIpc) is 2.94. The molecular formula is C21H21NO5S2. The Morgan fingerprint density at radius 3 is 2.45 bits per heavy atom. The summed E-state index contributed by atoms with van der Waals surface area (Å²) in [7, 11) is 3.10. The molecule has 0 aliphatic carbocycles. The van der Waals surface area contributed by atoms with Crippen LogP contribution in [0.2, 0.25) is 0 Å². The van der Waals surface area contributed by atoms with Crippen molar-refractivity contribution in [3.8, 4) is 11.5 Å². The largest absolute Gasteiger partial charge is 0.492 e. The van der Waals surface area contributed by atoms with Crippen LogP contribution in [0.15, 0.2) is 35.2 Å². The maximum absolute atomic E-state index is 13.0. The molecule has 0 spiro atoms. The Balaban J connectivity index is 2.11. The molecule has 3 rings (SSSR count). The highest BCUT2D eigenvalue weighted by Gasteiger charge is 2.42. The molecule has 1 amide bonds. The van der Waals surface area contributed by atoms with E-state index in [1.807, 2.05) is 30.3 Å². The number of hydrogen-bond donors (Lipinski definition) is 1. The molecular weight excluding hydrogens is 410 g/mol. The van der Waals surface area contributed by atoms with Crippen molar-refractivity contribution in [1.82, 2.24) is 4.90 Å². The van der Waals surface area contributed by atoms with Crippen molar-refractivity contribution in [2.75, 3.05) is 14.2 Å². The zero-order valence-corrected chi connectivity index (χ0v) is 18.1. The summed E-state index contributed by atoms with van der Waals surface area (Å²) in [4.78, 5) is 26.2. The van der Waals surface area contributed by atoms with Crippen LogP contribution < -0.4 is 9.47 Å². The number of thioether (sulfide) groups is 1. The Labute approximate surface area is 178 Å². The van der Waals surface area contributed by atoms with Gasteiger partial charge in [-0.1, -0.05) is 62.1 Å². The summed E-state index contributed by atoms with van der Waals surface area (Å²) in [6.45, 7) is 3.50. The van der Waals surface area contributed by atoms with Gasteiger partial charge in [-0.2, -0.15) is 0 Å². The fourth-order valence-electron chi connectivity index (χ4n) is 3.39. The predicted octanol–water partition coefficient (Wildman–Crippen LogP) is 4.17. The molecule has 2 aromatic carbocycles. The Hall–Kier alpha value is -2.58. The maximum Gasteiger partial charge on any atom is 0.327 e. The minimum atomic E-state index is -1.08. The normalized spacial score (nSPS) is 16.7. The smallest absolute Gasteiger partial charge is 0.327 e. The topological polar surface area (TPSA) is 76.1 Å². The predicted molar refractivity (Wildman–Crippen MR) is 118 cm³/mol. The van der Waals surface area contributed by atoms with Crippen LogP contribution in [0.5, 0.6) is 11.5 Å². The Kier molecular flexibility index (Phi) is 6.14. The molecule has 1 saturated heterocycles. The highest BCUT2D eigenvalue weighted by Crippen LogP contribution is 2.42. The molecule has 0 radical (unpaired) electrons. The number of carboxylic acids is 1. The summed E-state index contributed by atoms with van der Waals surface area (Å²) >= 11 is 6.41. The summed E-state index contributed by atoms with van der Waals surface area (Å²) in [6.07, 6.45) is 1.67. The third-order valence-corrected chi connectivity index (χ3v) is 6.00. The van der Waals surface area contributed by atoms with Gasteiger partial charge in [0.05, 0.1) is 19.1 Å². The molecule has 0 aromatic heterocycles. The number of carboxylic acid groups (broad SMARTS) is 1. The lowest BCUT2D eigenvalue weighted by atomic mass is 10.0. The molecule has 152 valence electrons. The van der Waals surface area contributed by atoms with Crippen LogP contribution in [0.25, 0.3) is 16.8 Å². The molecule has 0 saturated carbocycles. The minimum absolute atomic E-state index is 0.231. The van der Waals surface area contributed by atoms with Crippen LogP contribution in [0.4, 0.5) is 0 Å². The second kappa shape index (κ2) is 8.42. The lowest BCUT2D eigenvalue weighted by Crippen LogP contribution is -2.47. The Morgan fingerprint density at radius 1 is 1.21 bits per heavy atom. The monoisotopic (exact) mass is 431 g/mol. The summed E-state index contributed by atoms with van der Waals surface area (Å²) in [6, 6.07) is 8.59. The number of aliphatic carboxylic acids is 1. The summed E-state index contributed by atoms with van der Waals surface area (Å²) in [5, 5.41) is 11.4. The van der Waals surface area contributed by atoms with Gasteiger partial charge in [-0.15, -0.1) is 0 Å². The van der Waals surface area contributed by atoms with Gasteiger partial charge in [0.15, 0.2) is 11.5 Å². The number of nitrogens with zero attached hydrogens (tertiary/aromatic N) is 1. The maximum atomic E-state index is 13.0. The molecule has 1 N–H and O–H groups in total. The summed E-state index contributed by atoms with van der Waals surface area (Å²) in [5.41, 5.74) is 0.653. The minimum Gasteiger partial charge on any atom is -0.492 e. The molecule has 1 aliphatic heterocycles. The van der Waals surface area contributed by atoms with Crippen molar-refractivity contribution < 1.29 is 24.2 Å². The van der Waals surface area contributed by atoms with Gasteiger partial charge in [-0.05, 0) is 23.4 Å². The molecule has 1 atom stereocenters. The molecule has 1 heterocycles. The van der Waals surface area contributed by atoms with Crippen LogP contribution in [0.1, 0.15) is 19.4 Å². The van der Waals surface area contributed by atoms with Crippen LogP contribution in [-0.4, -0.2) is 46.5 Å². The first-order valence-electron chi connectivity index (χ1n) is 8.93. The van der Waals surface area contributed by atoms with E-state index in [1.54, 1.807) is 27.0 Å². The number of methoxy groups -OCH3 is 2. The van der Waals surface area contributed by atoms with Gasteiger partial charge in [-0.25, -0.2) is 4.79 Å².